The highest BCUT2D eigenvalue weighted by atomic mass is 32.1. The third kappa shape index (κ3) is 3.44. The van der Waals surface area contributed by atoms with Crippen LogP contribution in [0.1, 0.15) is 31.0 Å². The summed E-state index contributed by atoms with van der Waals surface area (Å²) in [7, 11) is 0. The molecule has 2 nitrogen and oxygen atoms in total. The summed E-state index contributed by atoms with van der Waals surface area (Å²) in [5, 5.41) is 3.34. The van der Waals surface area contributed by atoms with Gasteiger partial charge in [0.2, 0.25) is 0 Å². The first-order valence-electron chi connectivity index (χ1n) is 4.64. The van der Waals surface area contributed by atoms with Crippen molar-refractivity contribution in [2.75, 3.05) is 6.54 Å². The van der Waals surface area contributed by atoms with Gasteiger partial charge in [-0.15, -0.1) is 11.3 Å². The molecule has 2 N–H and O–H groups in total. The molecule has 0 spiro atoms. The molecule has 0 aromatic carbocycles. The van der Waals surface area contributed by atoms with E-state index in [1.807, 2.05) is 6.92 Å². The molecule has 1 aromatic heterocycles. The minimum Gasteiger partial charge on any atom is -0.330 e. The van der Waals surface area contributed by atoms with Crippen LogP contribution < -0.4 is 5.73 Å². The smallest absolute Gasteiger partial charge is 0.0928 e. The van der Waals surface area contributed by atoms with Gasteiger partial charge >= 0.3 is 0 Å². The number of rotatable bonds is 4. The fourth-order valence-electron chi connectivity index (χ4n) is 1.06. The number of nitrogens with two attached hydrogens (primary N) is 1. The van der Waals surface area contributed by atoms with E-state index in [-0.39, 0.29) is 5.41 Å². The van der Waals surface area contributed by atoms with Crippen LogP contribution in [-0.2, 0) is 6.42 Å². The maximum atomic E-state index is 5.66. The van der Waals surface area contributed by atoms with Gasteiger partial charge in [0, 0.05) is 11.1 Å². The van der Waals surface area contributed by atoms with Crippen LogP contribution in [0.25, 0.3) is 0 Å². The molecule has 0 aliphatic heterocycles. The lowest BCUT2D eigenvalue weighted by molar-refractivity contribution is 0.347. The van der Waals surface area contributed by atoms with E-state index in [4.69, 9.17) is 5.73 Å². The molecule has 0 saturated carbocycles. The van der Waals surface area contributed by atoms with Gasteiger partial charge in [-0.3, -0.25) is 0 Å². The third-order valence-corrected chi connectivity index (χ3v) is 3.26. The molecule has 0 fully saturated rings. The first kappa shape index (κ1) is 10.7. The molecule has 1 rings (SSSR count). The number of hydrogen-bond donors (Lipinski definition) is 1. The van der Waals surface area contributed by atoms with E-state index in [2.05, 4.69) is 24.2 Å². The van der Waals surface area contributed by atoms with Crippen molar-refractivity contribution in [1.29, 1.82) is 0 Å². The second-order valence-corrected chi connectivity index (χ2v) is 5.19. The fourth-order valence-corrected chi connectivity index (χ4v) is 1.84. The Morgan fingerprint density at radius 2 is 2.23 bits per heavy atom. The Bertz CT molecular complexity index is 266. The Morgan fingerprint density at radius 3 is 2.69 bits per heavy atom. The van der Waals surface area contributed by atoms with E-state index in [0.717, 1.165) is 25.1 Å². The molecule has 0 amide bonds. The summed E-state index contributed by atoms with van der Waals surface area (Å²) < 4.78 is 0. The van der Waals surface area contributed by atoms with Gasteiger partial charge in [0.05, 0.1) is 5.01 Å². The quantitative estimate of drug-likeness (QED) is 0.806. The van der Waals surface area contributed by atoms with Gasteiger partial charge in [-0.25, -0.2) is 4.98 Å². The van der Waals surface area contributed by atoms with Crippen LogP contribution in [0.2, 0.25) is 0 Å². The van der Waals surface area contributed by atoms with E-state index in [0.29, 0.717) is 0 Å². The number of hydrogen-bond acceptors (Lipinski definition) is 3. The number of aromatic nitrogens is 1. The summed E-state index contributed by atoms with van der Waals surface area (Å²) in [6.07, 6.45) is 2.18. The van der Waals surface area contributed by atoms with E-state index in [1.54, 1.807) is 11.3 Å². The van der Waals surface area contributed by atoms with Crippen LogP contribution in [0.5, 0.6) is 0 Å². The van der Waals surface area contributed by atoms with E-state index < -0.39 is 0 Å². The van der Waals surface area contributed by atoms with Crippen molar-refractivity contribution in [3.63, 3.8) is 0 Å². The van der Waals surface area contributed by atoms with Crippen LogP contribution in [0.4, 0.5) is 0 Å². The Labute approximate surface area is 84.2 Å². The van der Waals surface area contributed by atoms with E-state index in [1.165, 1.54) is 5.01 Å². The largest absolute Gasteiger partial charge is 0.330 e. The molecular weight excluding hydrogens is 180 g/mol. The lowest BCUT2D eigenvalue weighted by Crippen LogP contribution is -2.23. The molecule has 1 aromatic rings. The molecule has 0 bridgehead atoms. The van der Waals surface area contributed by atoms with Crippen molar-refractivity contribution in [3.8, 4) is 0 Å². The van der Waals surface area contributed by atoms with Gasteiger partial charge in [-0.2, -0.15) is 0 Å². The first-order chi connectivity index (χ1) is 6.03. The van der Waals surface area contributed by atoms with Crippen molar-refractivity contribution in [2.45, 2.75) is 33.6 Å². The first-order valence-corrected chi connectivity index (χ1v) is 5.52. The molecule has 0 aliphatic carbocycles. The zero-order valence-electron chi connectivity index (χ0n) is 8.63. The lowest BCUT2D eigenvalue weighted by Gasteiger charge is -2.21. The zero-order valence-corrected chi connectivity index (χ0v) is 9.45. The highest BCUT2D eigenvalue weighted by Crippen LogP contribution is 2.22. The van der Waals surface area contributed by atoms with Crippen molar-refractivity contribution in [2.24, 2.45) is 11.1 Å². The predicted molar refractivity (Wildman–Crippen MR) is 58.0 cm³/mol. The minimum atomic E-state index is 0.250. The normalized spacial score (nSPS) is 12.0. The summed E-state index contributed by atoms with van der Waals surface area (Å²) in [6.45, 7) is 7.19. The number of nitrogens with zero attached hydrogens (tertiary/aromatic N) is 1. The molecule has 0 unspecified atom stereocenters. The highest BCUT2D eigenvalue weighted by Gasteiger charge is 2.15. The molecule has 74 valence electrons. The molecule has 0 saturated heterocycles. The monoisotopic (exact) mass is 198 g/mol. The van der Waals surface area contributed by atoms with Crippen LogP contribution in [0.15, 0.2) is 5.38 Å². The van der Waals surface area contributed by atoms with E-state index in [9.17, 15) is 0 Å². The molecule has 0 radical (unpaired) electrons. The molecule has 13 heavy (non-hydrogen) atoms. The van der Waals surface area contributed by atoms with Crippen molar-refractivity contribution >= 4 is 11.3 Å². The van der Waals surface area contributed by atoms with Crippen LogP contribution in [0, 0.1) is 12.3 Å². The lowest BCUT2D eigenvalue weighted by atomic mass is 9.88. The molecule has 0 atom stereocenters. The summed E-state index contributed by atoms with van der Waals surface area (Å²) in [5.74, 6) is 0. The van der Waals surface area contributed by atoms with Crippen LogP contribution >= 0.6 is 11.3 Å². The van der Waals surface area contributed by atoms with Gasteiger partial charge < -0.3 is 5.73 Å². The van der Waals surface area contributed by atoms with Crippen molar-refractivity contribution in [3.05, 3.63) is 16.1 Å². The number of thiazole rings is 1. The average Bonchev–Trinajstić information content (AvgIpc) is 2.48. The highest BCUT2D eigenvalue weighted by molar-refractivity contribution is 7.09. The Hall–Kier alpha value is -0.410. The third-order valence-electron chi connectivity index (χ3n) is 2.23. The van der Waals surface area contributed by atoms with Crippen molar-refractivity contribution < 1.29 is 0 Å². The van der Waals surface area contributed by atoms with Crippen molar-refractivity contribution in [1.82, 2.24) is 4.98 Å². The van der Waals surface area contributed by atoms with Gasteiger partial charge in [-0.1, -0.05) is 13.8 Å². The summed E-state index contributed by atoms with van der Waals surface area (Å²) in [6, 6.07) is 0. The van der Waals surface area contributed by atoms with Gasteiger partial charge in [0.15, 0.2) is 0 Å². The zero-order chi connectivity index (χ0) is 9.90. The van der Waals surface area contributed by atoms with Gasteiger partial charge in [-0.05, 0) is 31.7 Å². The SMILES string of the molecule is Cc1csc(CCC(C)(C)CN)n1. The molecule has 3 heteroatoms. The van der Waals surface area contributed by atoms with Gasteiger partial charge in [0.25, 0.3) is 0 Å². The summed E-state index contributed by atoms with van der Waals surface area (Å²) in [4.78, 5) is 4.43. The second kappa shape index (κ2) is 4.20. The second-order valence-electron chi connectivity index (χ2n) is 4.25. The molecule has 1 heterocycles. The Kier molecular flexibility index (Phi) is 3.45. The Morgan fingerprint density at radius 1 is 1.54 bits per heavy atom. The summed E-state index contributed by atoms with van der Waals surface area (Å²) in [5.41, 5.74) is 7.04. The molecule has 0 aliphatic rings. The maximum absolute atomic E-state index is 5.66. The topological polar surface area (TPSA) is 38.9 Å². The predicted octanol–water partition coefficient (Wildman–Crippen LogP) is 2.37. The van der Waals surface area contributed by atoms with Crippen LogP contribution in [-0.4, -0.2) is 11.5 Å². The molecular formula is C10H18N2S. The fraction of sp³-hybridized carbons (Fsp3) is 0.700. The minimum absolute atomic E-state index is 0.250. The Balaban J connectivity index is 2.43. The van der Waals surface area contributed by atoms with Crippen LogP contribution in [0.3, 0.4) is 0 Å². The number of aryl methyl sites for hydroxylation is 2. The maximum Gasteiger partial charge on any atom is 0.0928 e. The summed E-state index contributed by atoms with van der Waals surface area (Å²) >= 11 is 1.75. The standard InChI is InChI=1S/C10H18N2S/c1-8-6-13-9(12-8)4-5-10(2,3)7-11/h6H,4-5,7,11H2,1-3H3. The van der Waals surface area contributed by atoms with E-state index >= 15 is 0 Å². The van der Waals surface area contributed by atoms with Gasteiger partial charge in [0.1, 0.15) is 0 Å². The average molecular weight is 198 g/mol.